The Hall–Kier alpha value is -4.65. The van der Waals surface area contributed by atoms with Gasteiger partial charge >= 0.3 is 18.2 Å². The molecule has 45 heavy (non-hydrogen) atoms. The van der Waals surface area contributed by atoms with Crippen molar-refractivity contribution < 1.29 is 32.7 Å². The van der Waals surface area contributed by atoms with Gasteiger partial charge in [0.2, 0.25) is 0 Å². The number of hydrogen-bond donors (Lipinski definition) is 4. The van der Waals surface area contributed by atoms with E-state index in [1.54, 1.807) is 24.3 Å². The molecule has 0 spiro atoms. The topological polar surface area (TPSA) is 138 Å². The average Bonchev–Trinajstić information content (AvgIpc) is 3.40. The molecule has 0 unspecified atom stereocenters. The van der Waals surface area contributed by atoms with Crippen LogP contribution in [0.15, 0.2) is 60.7 Å². The number of anilines is 3. The number of benzene rings is 3. The van der Waals surface area contributed by atoms with Crippen molar-refractivity contribution in [2.75, 3.05) is 22.5 Å². The number of urea groups is 1. The summed E-state index contributed by atoms with van der Waals surface area (Å²) in [6.07, 6.45) is 1.02. The molecule has 0 bridgehead atoms. The monoisotopic (exact) mass is 639 g/mol. The van der Waals surface area contributed by atoms with E-state index in [4.69, 9.17) is 10.8 Å². The van der Waals surface area contributed by atoms with Gasteiger partial charge in [0, 0.05) is 23.5 Å². The quantitative estimate of drug-likeness (QED) is 0.141. The van der Waals surface area contributed by atoms with Gasteiger partial charge in [-0.05, 0) is 66.3 Å². The summed E-state index contributed by atoms with van der Waals surface area (Å²) in [5.41, 5.74) is 7.15. The Labute approximate surface area is 261 Å². The molecule has 1 aliphatic carbocycles. The van der Waals surface area contributed by atoms with Crippen molar-refractivity contribution in [1.29, 1.82) is 0 Å². The number of hydrogen-bond acceptors (Lipinski definition) is 6. The van der Waals surface area contributed by atoms with Crippen molar-refractivity contribution in [2.45, 2.75) is 57.2 Å². The third-order valence-corrected chi connectivity index (χ3v) is 8.72. The predicted octanol–water partition coefficient (Wildman–Crippen LogP) is 7.39. The maximum atomic E-state index is 13.7. The van der Waals surface area contributed by atoms with E-state index >= 15 is 0 Å². The molecule has 1 aliphatic rings. The van der Waals surface area contributed by atoms with E-state index in [0.29, 0.717) is 27.4 Å². The molecule has 0 aliphatic heterocycles. The van der Waals surface area contributed by atoms with Gasteiger partial charge in [0.25, 0.3) is 5.91 Å². The highest BCUT2D eigenvalue weighted by molar-refractivity contribution is 7.22. The van der Waals surface area contributed by atoms with Crippen molar-refractivity contribution in [2.24, 2.45) is 0 Å². The molecule has 3 aromatic carbocycles. The average molecular weight is 640 g/mol. The molecule has 5 rings (SSSR count). The molecule has 236 valence electrons. The number of halogens is 3. The van der Waals surface area contributed by atoms with E-state index in [1.165, 1.54) is 35.8 Å². The Morgan fingerprint density at radius 3 is 2.33 bits per heavy atom. The van der Waals surface area contributed by atoms with Gasteiger partial charge in [-0.15, -0.1) is 0 Å². The number of amides is 3. The van der Waals surface area contributed by atoms with Crippen LogP contribution in [0.25, 0.3) is 10.2 Å². The Morgan fingerprint density at radius 2 is 1.69 bits per heavy atom. The second-order valence-electron chi connectivity index (χ2n) is 11.0. The SMILES string of the molecule is Nc1cc2sc(NC(=O)N(Cc3ccc(C(=O)NCCC(=O)O)cc3)c3ccc(C4CCCCC4)cc3)nc2cc1C(F)(F)F. The maximum absolute atomic E-state index is 13.7. The number of alkyl halides is 3. The summed E-state index contributed by atoms with van der Waals surface area (Å²) in [4.78, 5) is 42.5. The van der Waals surface area contributed by atoms with Gasteiger partial charge in [0.15, 0.2) is 5.13 Å². The number of aromatic nitrogens is 1. The lowest BCUT2D eigenvalue weighted by molar-refractivity contribution is -0.137. The van der Waals surface area contributed by atoms with E-state index < -0.39 is 35.3 Å². The first kappa shape index (κ1) is 31.8. The van der Waals surface area contributed by atoms with Crippen molar-refractivity contribution >= 4 is 56.0 Å². The molecule has 9 nitrogen and oxygen atoms in total. The van der Waals surface area contributed by atoms with Crippen LogP contribution < -0.4 is 21.3 Å². The van der Waals surface area contributed by atoms with E-state index in [-0.39, 0.29) is 30.2 Å². The molecule has 4 aromatic rings. The minimum atomic E-state index is -4.64. The van der Waals surface area contributed by atoms with Crippen LogP contribution >= 0.6 is 11.3 Å². The Kier molecular flexibility index (Phi) is 9.57. The fourth-order valence-electron chi connectivity index (χ4n) is 5.42. The smallest absolute Gasteiger partial charge is 0.418 e. The summed E-state index contributed by atoms with van der Waals surface area (Å²) < 4.78 is 40.5. The van der Waals surface area contributed by atoms with Crippen LogP contribution in [0.2, 0.25) is 0 Å². The van der Waals surface area contributed by atoms with Crippen molar-refractivity contribution in [3.63, 3.8) is 0 Å². The van der Waals surface area contributed by atoms with Crippen molar-refractivity contribution in [3.8, 4) is 0 Å². The molecule has 1 saturated carbocycles. The zero-order chi connectivity index (χ0) is 32.1. The molecule has 5 N–H and O–H groups in total. The minimum Gasteiger partial charge on any atom is -0.481 e. The highest BCUT2D eigenvalue weighted by Gasteiger charge is 2.33. The third kappa shape index (κ3) is 7.90. The van der Waals surface area contributed by atoms with Crippen molar-refractivity contribution in [3.05, 3.63) is 82.9 Å². The molecular formula is C32H32F3N5O4S. The Morgan fingerprint density at radius 1 is 1.00 bits per heavy atom. The van der Waals surface area contributed by atoms with Gasteiger partial charge in [0.1, 0.15) is 0 Å². The molecular weight excluding hydrogens is 607 g/mol. The summed E-state index contributed by atoms with van der Waals surface area (Å²) >= 11 is 1.01. The Balaban J connectivity index is 1.38. The second-order valence-corrected chi connectivity index (χ2v) is 12.0. The molecule has 13 heteroatoms. The lowest BCUT2D eigenvalue weighted by atomic mass is 9.84. The highest BCUT2D eigenvalue weighted by atomic mass is 32.1. The van der Waals surface area contributed by atoms with Gasteiger partial charge < -0.3 is 16.2 Å². The van der Waals surface area contributed by atoms with Crippen LogP contribution in [0.3, 0.4) is 0 Å². The van der Waals surface area contributed by atoms with Crippen LogP contribution in [0, 0.1) is 0 Å². The van der Waals surface area contributed by atoms with Crippen LogP contribution in [0.5, 0.6) is 0 Å². The van der Waals surface area contributed by atoms with E-state index in [9.17, 15) is 27.6 Å². The zero-order valence-electron chi connectivity index (χ0n) is 24.2. The summed E-state index contributed by atoms with van der Waals surface area (Å²) in [7, 11) is 0. The predicted molar refractivity (Wildman–Crippen MR) is 168 cm³/mol. The summed E-state index contributed by atoms with van der Waals surface area (Å²) in [5.74, 6) is -0.960. The zero-order valence-corrected chi connectivity index (χ0v) is 25.0. The molecule has 1 fully saturated rings. The van der Waals surface area contributed by atoms with E-state index in [1.807, 2.05) is 24.3 Å². The fourth-order valence-corrected chi connectivity index (χ4v) is 6.31. The van der Waals surface area contributed by atoms with Crippen LogP contribution in [-0.2, 0) is 17.5 Å². The molecule has 1 aromatic heterocycles. The molecule has 3 amide bonds. The maximum Gasteiger partial charge on any atom is 0.418 e. The largest absolute Gasteiger partial charge is 0.481 e. The normalized spacial score (nSPS) is 13.8. The summed E-state index contributed by atoms with van der Waals surface area (Å²) in [6, 6.07) is 15.9. The number of aliphatic carboxylic acids is 1. The number of rotatable bonds is 9. The van der Waals surface area contributed by atoms with Gasteiger partial charge in [-0.1, -0.05) is 54.9 Å². The van der Waals surface area contributed by atoms with Gasteiger partial charge in [-0.2, -0.15) is 13.2 Å². The number of nitrogen functional groups attached to an aromatic ring is 1. The molecule has 0 atom stereocenters. The van der Waals surface area contributed by atoms with Gasteiger partial charge in [-0.25, -0.2) is 9.78 Å². The van der Waals surface area contributed by atoms with Gasteiger partial charge in [0.05, 0.1) is 28.7 Å². The number of carboxylic acids is 1. The second kappa shape index (κ2) is 13.6. The third-order valence-electron chi connectivity index (χ3n) is 7.79. The Bertz CT molecular complexity index is 1680. The number of nitrogens with two attached hydrogens (primary N) is 1. The van der Waals surface area contributed by atoms with Crippen LogP contribution in [0.1, 0.15) is 71.5 Å². The standard InChI is InChI=1S/C32H32F3N5O4S/c33-32(34,35)24-16-26-27(17-25(24)36)45-30(38-26)39-31(44)40(23-12-10-21(11-13-23)20-4-2-1-3-5-20)18-19-6-8-22(9-7-19)29(43)37-15-14-28(41)42/h6-13,16-17,20H,1-5,14-15,18,36H2,(H,37,43)(H,41,42)(H,38,39,44). The van der Waals surface area contributed by atoms with E-state index in [2.05, 4.69) is 15.6 Å². The molecule has 1 heterocycles. The number of nitrogens with zero attached hydrogens (tertiary/aromatic N) is 2. The number of nitrogens with one attached hydrogen (secondary N) is 2. The lowest BCUT2D eigenvalue weighted by Gasteiger charge is -2.25. The van der Waals surface area contributed by atoms with Crippen LogP contribution in [0.4, 0.5) is 34.5 Å². The summed E-state index contributed by atoms with van der Waals surface area (Å²) in [6.45, 7) is 0.113. The van der Waals surface area contributed by atoms with Crippen molar-refractivity contribution in [1.82, 2.24) is 10.3 Å². The van der Waals surface area contributed by atoms with Crippen LogP contribution in [-0.4, -0.2) is 34.5 Å². The first-order valence-corrected chi connectivity index (χ1v) is 15.3. The van der Waals surface area contributed by atoms with Gasteiger partial charge in [-0.3, -0.25) is 19.8 Å². The first-order chi connectivity index (χ1) is 21.5. The number of carbonyl (C=O) groups excluding carboxylic acids is 2. The molecule has 0 saturated heterocycles. The highest BCUT2D eigenvalue weighted by Crippen LogP contribution is 2.38. The summed E-state index contributed by atoms with van der Waals surface area (Å²) in [5, 5.41) is 14.2. The lowest BCUT2D eigenvalue weighted by Crippen LogP contribution is -2.34. The van der Waals surface area contributed by atoms with E-state index in [0.717, 1.165) is 30.2 Å². The number of carbonyl (C=O) groups is 3. The first-order valence-electron chi connectivity index (χ1n) is 14.5. The fraction of sp³-hybridized carbons (Fsp3) is 0.312. The number of thiazole rings is 1. The minimum absolute atomic E-state index is 0.00338. The number of carboxylic acid groups (broad SMARTS) is 1. The number of fused-ring (bicyclic) bond motifs is 1. The molecule has 0 radical (unpaired) electrons.